The highest BCUT2D eigenvalue weighted by atomic mass is 15.2. The van der Waals surface area contributed by atoms with Crippen LogP contribution in [0.2, 0.25) is 0 Å². The van der Waals surface area contributed by atoms with Crippen molar-refractivity contribution in [3.63, 3.8) is 0 Å². The van der Waals surface area contributed by atoms with Gasteiger partial charge >= 0.3 is 0 Å². The Morgan fingerprint density at radius 1 is 1.20 bits per heavy atom. The summed E-state index contributed by atoms with van der Waals surface area (Å²) in [4.78, 5) is 12.1. The molecule has 110 valence electrons. The predicted molar refractivity (Wildman–Crippen MR) is 82.4 cm³/mol. The Hall–Kier alpha value is -1.16. The zero-order valence-corrected chi connectivity index (χ0v) is 12.9. The van der Waals surface area contributed by atoms with Gasteiger partial charge in [0, 0.05) is 37.5 Å². The van der Waals surface area contributed by atoms with E-state index >= 15 is 0 Å². The van der Waals surface area contributed by atoms with Crippen LogP contribution >= 0.6 is 0 Å². The summed E-state index contributed by atoms with van der Waals surface area (Å²) in [5, 5.41) is 3.41. The minimum absolute atomic E-state index is 0.0711. The van der Waals surface area contributed by atoms with Gasteiger partial charge in [-0.3, -0.25) is 0 Å². The van der Waals surface area contributed by atoms with Crippen LogP contribution in [0.15, 0.2) is 6.20 Å². The summed E-state index contributed by atoms with van der Waals surface area (Å²) in [5.41, 5.74) is 2.53. The van der Waals surface area contributed by atoms with Gasteiger partial charge in [0.1, 0.15) is 5.82 Å². The Kier molecular flexibility index (Phi) is 3.67. The summed E-state index contributed by atoms with van der Waals surface area (Å²) >= 11 is 0. The average molecular weight is 274 g/mol. The van der Waals surface area contributed by atoms with Crippen molar-refractivity contribution in [2.75, 3.05) is 31.1 Å². The van der Waals surface area contributed by atoms with Gasteiger partial charge in [-0.2, -0.15) is 0 Å². The summed E-state index contributed by atoms with van der Waals surface area (Å²) in [6, 6.07) is 0. The molecule has 0 radical (unpaired) electrons. The molecule has 0 bridgehead atoms. The monoisotopic (exact) mass is 274 g/mol. The van der Waals surface area contributed by atoms with Gasteiger partial charge in [0.15, 0.2) is 0 Å². The molecule has 0 atom stereocenters. The van der Waals surface area contributed by atoms with E-state index in [0.717, 1.165) is 32.0 Å². The molecule has 0 unspecified atom stereocenters. The van der Waals surface area contributed by atoms with Crippen LogP contribution in [0.25, 0.3) is 0 Å². The first-order valence-electron chi connectivity index (χ1n) is 7.89. The third-order valence-corrected chi connectivity index (χ3v) is 4.43. The van der Waals surface area contributed by atoms with Gasteiger partial charge in [-0.1, -0.05) is 27.2 Å². The quantitative estimate of drug-likeness (QED) is 0.899. The Morgan fingerprint density at radius 3 is 2.45 bits per heavy atom. The van der Waals surface area contributed by atoms with Crippen LogP contribution in [0.3, 0.4) is 0 Å². The van der Waals surface area contributed by atoms with Crippen LogP contribution in [0, 0.1) is 0 Å². The number of rotatable bonds is 2. The molecule has 1 aromatic heterocycles. The molecule has 2 aliphatic rings. The van der Waals surface area contributed by atoms with E-state index in [9.17, 15) is 0 Å². The highest BCUT2D eigenvalue weighted by Crippen LogP contribution is 2.37. The lowest BCUT2D eigenvalue weighted by atomic mass is 9.84. The SMILES string of the molecule is CC(C)(C)c1nc(C2CCC2)ncc1N1CCNCC1. The first-order valence-corrected chi connectivity index (χ1v) is 7.89. The van der Waals surface area contributed by atoms with Gasteiger partial charge in [0.05, 0.1) is 17.6 Å². The molecule has 0 aromatic carbocycles. The molecule has 1 aromatic rings. The second-order valence-corrected chi connectivity index (χ2v) is 7.08. The average Bonchev–Trinajstić information content (AvgIpc) is 2.37. The van der Waals surface area contributed by atoms with E-state index in [1.54, 1.807) is 0 Å². The highest BCUT2D eigenvalue weighted by molar-refractivity contribution is 5.52. The lowest BCUT2D eigenvalue weighted by Gasteiger charge is -2.34. The molecule has 2 fully saturated rings. The van der Waals surface area contributed by atoms with Crippen molar-refractivity contribution >= 4 is 5.69 Å². The standard InChI is InChI=1S/C16H26N4/c1-16(2,3)14-13(20-9-7-17-8-10-20)11-18-15(19-14)12-5-4-6-12/h11-12,17H,4-10H2,1-3H3. The number of aromatic nitrogens is 2. The Bertz CT molecular complexity index is 468. The van der Waals surface area contributed by atoms with Crippen molar-refractivity contribution in [1.82, 2.24) is 15.3 Å². The molecule has 2 heterocycles. The Balaban J connectivity index is 1.95. The Labute approximate surface area is 122 Å². The number of hydrogen-bond donors (Lipinski definition) is 1. The first-order chi connectivity index (χ1) is 9.55. The largest absolute Gasteiger partial charge is 0.366 e. The molecule has 1 N–H and O–H groups in total. The number of piperazine rings is 1. The molecular formula is C16H26N4. The molecule has 1 aliphatic heterocycles. The first kappa shape index (κ1) is 13.8. The van der Waals surface area contributed by atoms with Gasteiger partial charge in [-0.15, -0.1) is 0 Å². The zero-order valence-electron chi connectivity index (χ0n) is 12.9. The molecule has 3 rings (SSSR count). The molecule has 1 saturated heterocycles. The number of hydrogen-bond acceptors (Lipinski definition) is 4. The molecule has 1 aliphatic carbocycles. The molecule has 20 heavy (non-hydrogen) atoms. The van der Waals surface area contributed by atoms with E-state index < -0.39 is 0 Å². The summed E-state index contributed by atoms with van der Waals surface area (Å²) < 4.78 is 0. The molecule has 0 spiro atoms. The van der Waals surface area contributed by atoms with Crippen molar-refractivity contribution in [3.8, 4) is 0 Å². The fourth-order valence-electron chi connectivity index (χ4n) is 2.94. The third-order valence-electron chi connectivity index (χ3n) is 4.43. The van der Waals surface area contributed by atoms with Crippen molar-refractivity contribution < 1.29 is 0 Å². The highest BCUT2D eigenvalue weighted by Gasteiger charge is 2.28. The fraction of sp³-hybridized carbons (Fsp3) is 0.750. The van der Waals surface area contributed by atoms with Crippen molar-refractivity contribution in [3.05, 3.63) is 17.7 Å². The van der Waals surface area contributed by atoms with Crippen LogP contribution in [0.1, 0.15) is 57.5 Å². The minimum atomic E-state index is 0.0711. The van der Waals surface area contributed by atoms with Gasteiger partial charge < -0.3 is 10.2 Å². The van der Waals surface area contributed by atoms with E-state index in [2.05, 4.69) is 42.2 Å². The topological polar surface area (TPSA) is 41.1 Å². The summed E-state index contributed by atoms with van der Waals surface area (Å²) in [5.74, 6) is 1.67. The van der Waals surface area contributed by atoms with E-state index in [-0.39, 0.29) is 5.41 Å². The van der Waals surface area contributed by atoms with Crippen molar-refractivity contribution in [2.45, 2.75) is 51.4 Å². The third kappa shape index (κ3) is 2.66. The van der Waals surface area contributed by atoms with Crippen LogP contribution in [0.5, 0.6) is 0 Å². The maximum Gasteiger partial charge on any atom is 0.131 e. The fourth-order valence-corrected chi connectivity index (χ4v) is 2.94. The van der Waals surface area contributed by atoms with Crippen molar-refractivity contribution in [2.24, 2.45) is 0 Å². The maximum absolute atomic E-state index is 4.97. The van der Waals surface area contributed by atoms with Gasteiger partial charge in [0.25, 0.3) is 0 Å². The number of anilines is 1. The summed E-state index contributed by atoms with van der Waals surface area (Å²) in [6.45, 7) is 11.0. The van der Waals surface area contributed by atoms with Gasteiger partial charge in [0.2, 0.25) is 0 Å². The second-order valence-electron chi connectivity index (χ2n) is 7.08. The molecule has 4 nitrogen and oxygen atoms in total. The van der Waals surface area contributed by atoms with Crippen molar-refractivity contribution in [1.29, 1.82) is 0 Å². The van der Waals surface area contributed by atoms with Crippen LogP contribution < -0.4 is 10.2 Å². The second kappa shape index (κ2) is 5.32. The van der Waals surface area contributed by atoms with Gasteiger partial charge in [-0.25, -0.2) is 9.97 Å². The lowest BCUT2D eigenvalue weighted by molar-refractivity contribution is 0.397. The van der Waals surface area contributed by atoms with E-state index in [1.807, 2.05) is 0 Å². The number of nitrogens with one attached hydrogen (secondary N) is 1. The van der Waals surface area contributed by atoms with E-state index in [0.29, 0.717) is 5.92 Å². The molecule has 4 heteroatoms. The number of nitrogens with zero attached hydrogens (tertiary/aromatic N) is 3. The normalized spacial score (nSPS) is 20.9. The smallest absolute Gasteiger partial charge is 0.131 e. The maximum atomic E-state index is 4.97. The van der Waals surface area contributed by atoms with Crippen LogP contribution in [-0.2, 0) is 5.41 Å². The summed E-state index contributed by atoms with van der Waals surface area (Å²) in [6.07, 6.45) is 5.93. The molecular weight excluding hydrogens is 248 g/mol. The van der Waals surface area contributed by atoms with E-state index in [1.165, 1.54) is 30.6 Å². The van der Waals surface area contributed by atoms with Crippen LogP contribution in [-0.4, -0.2) is 36.1 Å². The minimum Gasteiger partial charge on any atom is -0.366 e. The Morgan fingerprint density at radius 2 is 1.90 bits per heavy atom. The summed E-state index contributed by atoms with van der Waals surface area (Å²) in [7, 11) is 0. The predicted octanol–water partition coefficient (Wildman–Crippen LogP) is 2.45. The molecule has 1 saturated carbocycles. The lowest BCUT2D eigenvalue weighted by Crippen LogP contribution is -2.44. The zero-order chi connectivity index (χ0) is 14.2. The van der Waals surface area contributed by atoms with Crippen LogP contribution in [0.4, 0.5) is 5.69 Å². The van der Waals surface area contributed by atoms with E-state index in [4.69, 9.17) is 4.98 Å². The van der Waals surface area contributed by atoms with Gasteiger partial charge in [-0.05, 0) is 12.8 Å². The molecule has 0 amide bonds.